The first-order valence-electron chi connectivity index (χ1n) is 6.41. The molecule has 0 unspecified atom stereocenters. The van der Waals surface area contributed by atoms with Crippen molar-refractivity contribution < 1.29 is 4.79 Å². The molecule has 0 spiro atoms. The van der Waals surface area contributed by atoms with E-state index in [4.69, 9.17) is 0 Å². The van der Waals surface area contributed by atoms with Gasteiger partial charge in [0.25, 0.3) is 5.91 Å². The summed E-state index contributed by atoms with van der Waals surface area (Å²) >= 11 is 0. The largest absolute Gasteiger partial charge is 0.373 e. The SMILES string of the molecule is CNc1cc(C(=O)NC(C)(C)C2CC2)cc(C)n1. The highest BCUT2D eigenvalue weighted by Crippen LogP contribution is 2.39. The van der Waals surface area contributed by atoms with Crippen LogP contribution >= 0.6 is 0 Å². The van der Waals surface area contributed by atoms with Gasteiger partial charge in [0.15, 0.2) is 0 Å². The summed E-state index contributed by atoms with van der Waals surface area (Å²) in [5.41, 5.74) is 1.39. The molecule has 1 aromatic heterocycles. The molecule has 2 rings (SSSR count). The van der Waals surface area contributed by atoms with E-state index in [-0.39, 0.29) is 11.4 Å². The molecule has 1 aliphatic rings. The zero-order chi connectivity index (χ0) is 13.3. The number of pyridine rings is 1. The number of anilines is 1. The predicted octanol–water partition coefficient (Wildman–Crippen LogP) is 2.35. The molecule has 4 heteroatoms. The summed E-state index contributed by atoms with van der Waals surface area (Å²) in [5.74, 6) is 1.33. The van der Waals surface area contributed by atoms with Crippen molar-refractivity contribution in [2.24, 2.45) is 5.92 Å². The van der Waals surface area contributed by atoms with Crippen LogP contribution in [0.5, 0.6) is 0 Å². The van der Waals surface area contributed by atoms with Crippen molar-refractivity contribution in [2.45, 2.75) is 39.2 Å². The van der Waals surface area contributed by atoms with Gasteiger partial charge >= 0.3 is 0 Å². The summed E-state index contributed by atoms with van der Waals surface area (Å²) in [6, 6.07) is 3.60. The van der Waals surface area contributed by atoms with Gasteiger partial charge in [-0.1, -0.05) is 0 Å². The van der Waals surface area contributed by atoms with Crippen LogP contribution in [0.3, 0.4) is 0 Å². The summed E-state index contributed by atoms with van der Waals surface area (Å²) in [5, 5.41) is 6.09. The van der Waals surface area contributed by atoms with E-state index in [9.17, 15) is 4.79 Å². The van der Waals surface area contributed by atoms with Gasteiger partial charge < -0.3 is 10.6 Å². The van der Waals surface area contributed by atoms with Crippen LogP contribution in [-0.4, -0.2) is 23.5 Å². The molecule has 0 bridgehead atoms. The summed E-state index contributed by atoms with van der Waals surface area (Å²) in [6.07, 6.45) is 2.43. The molecule has 0 atom stereocenters. The van der Waals surface area contributed by atoms with Crippen LogP contribution in [0.25, 0.3) is 0 Å². The third-order valence-corrected chi connectivity index (χ3v) is 3.51. The minimum Gasteiger partial charge on any atom is -0.373 e. The van der Waals surface area contributed by atoms with Crippen LogP contribution in [0, 0.1) is 12.8 Å². The van der Waals surface area contributed by atoms with Crippen molar-refractivity contribution in [3.8, 4) is 0 Å². The van der Waals surface area contributed by atoms with Crippen LogP contribution < -0.4 is 10.6 Å². The smallest absolute Gasteiger partial charge is 0.251 e. The highest BCUT2D eigenvalue weighted by Gasteiger charge is 2.38. The van der Waals surface area contributed by atoms with E-state index in [1.54, 1.807) is 13.1 Å². The number of aromatic nitrogens is 1. The summed E-state index contributed by atoms with van der Waals surface area (Å²) in [6.45, 7) is 6.08. The second-order valence-electron chi connectivity index (χ2n) is 5.58. The zero-order valence-electron chi connectivity index (χ0n) is 11.5. The number of hydrogen-bond acceptors (Lipinski definition) is 3. The van der Waals surface area contributed by atoms with Gasteiger partial charge in [-0.15, -0.1) is 0 Å². The number of nitrogens with one attached hydrogen (secondary N) is 2. The summed E-state index contributed by atoms with van der Waals surface area (Å²) < 4.78 is 0. The first kappa shape index (κ1) is 12.9. The number of carbonyl (C=O) groups excluding carboxylic acids is 1. The molecule has 0 radical (unpaired) electrons. The molecular weight excluding hydrogens is 226 g/mol. The fourth-order valence-corrected chi connectivity index (χ4v) is 2.20. The van der Waals surface area contributed by atoms with E-state index < -0.39 is 0 Å². The average Bonchev–Trinajstić information content (AvgIpc) is 3.11. The number of carbonyl (C=O) groups is 1. The van der Waals surface area contributed by atoms with Crippen LogP contribution in [-0.2, 0) is 0 Å². The van der Waals surface area contributed by atoms with Gasteiger partial charge in [-0.25, -0.2) is 4.98 Å². The molecule has 1 amide bonds. The van der Waals surface area contributed by atoms with Crippen molar-refractivity contribution >= 4 is 11.7 Å². The van der Waals surface area contributed by atoms with E-state index in [0.29, 0.717) is 11.5 Å². The lowest BCUT2D eigenvalue weighted by Gasteiger charge is -2.26. The average molecular weight is 247 g/mol. The lowest BCUT2D eigenvalue weighted by molar-refractivity contribution is 0.0903. The van der Waals surface area contributed by atoms with Crippen molar-refractivity contribution in [3.63, 3.8) is 0 Å². The minimum atomic E-state index is -0.117. The Morgan fingerprint density at radius 1 is 1.39 bits per heavy atom. The Kier molecular flexibility index (Phi) is 3.28. The van der Waals surface area contributed by atoms with Gasteiger partial charge in [0.1, 0.15) is 5.82 Å². The molecule has 1 aromatic rings. The summed E-state index contributed by atoms with van der Waals surface area (Å²) in [4.78, 5) is 16.5. The number of nitrogens with zero attached hydrogens (tertiary/aromatic N) is 1. The van der Waals surface area contributed by atoms with Crippen molar-refractivity contribution in [1.82, 2.24) is 10.3 Å². The molecule has 4 nitrogen and oxygen atoms in total. The van der Waals surface area contributed by atoms with Crippen LogP contribution in [0.1, 0.15) is 42.7 Å². The monoisotopic (exact) mass is 247 g/mol. The Balaban J connectivity index is 2.15. The number of hydrogen-bond donors (Lipinski definition) is 2. The fourth-order valence-electron chi connectivity index (χ4n) is 2.20. The Morgan fingerprint density at radius 2 is 2.06 bits per heavy atom. The second-order valence-corrected chi connectivity index (χ2v) is 5.58. The molecule has 1 fully saturated rings. The maximum absolute atomic E-state index is 12.2. The van der Waals surface area contributed by atoms with Gasteiger partial charge in [-0.3, -0.25) is 4.79 Å². The summed E-state index contributed by atoms with van der Waals surface area (Å²) in [7, 11) is 1.80. The first-order chi connectivity index (χ1) is 8.42. The van der Waals surface area contributed by atoms with Crippen molar-refractivity contribution in [2.75, 3.05) is 12.4 Å². The Bertz CT molecular complexity index is 464. The van der Waals surface area contributed by atoms with Gasteiger partial charge in [0.05, 0.1) is 0 Å². The van der Waals surface area contributed by atoms with Gasteiger partial charge in [0.2, 0.25) is 0 Å². The maximum atomic E-state index is 12.2. The molecule has 18 heavy (non-hydrogen) atoms. The molecule has 0 aliphatic heterocycles. The highest BCUT2D eigenvalue weighted by atomic mass is 16.1. The molecular formula is C14H21N3O. The minimum absolute atomic E-state index is 0.0195. The fraction of sp³-hybridized carbons (Fsp3) is 0.571. The van der Waals surface area contributed by atoms with Gasteiger partial charge in [0, 0.05) is 23.8 Å². The van der Waals surface area contributed by atoms with Crippen LogP contribution in [0.2, 0.25) is 0 Å². The third-order valence-electron chi connectivity index (χ3n) is 3.51. The lowest BCUT2D eigenvalue weighted by Crippen LogP contribution is -2.45. The maximum Gasteiger partial charge on any atom is 0.251 e. The highest BCUT2D eigenvalue weighted by molar-refractivity contribution is 5.95. The number of aryl methyl sites for hydroxylation is 1. The molecule has 1 heterocycles. The standard InChI is InChI=1S/C14H21N3O/c1-9-7-10(8-12(15-4)16-9)13(18)17-14(2,3)11-5-6-11/h7-8,11H,5-6H2,1-4H3,(H,15,16)(H,17,18). The van der Waals surface area contributed by atoms with E-state index in [1.165, 1.54) is 12.8 Å². The Morgan fingerprint density at radius 3 is 2.61 bits per heavy atom. The van der Waals surface area contributed by atoms with Crippen molar-refractivity contribution in [1.29, 1.82) is 0 Å². The van der Waals surface area contributed by atoms with Crippen LogP contribution in [0.4, 0.5) is 5.82 Å². The molecule has 1 aliphatic carbocycles. The second kappa shape index (κ2) is 4.59. The lowest BCUT2D eigenvalue weighted by atomic mass is 9.98. The quantitative estimate of drug-likeness (QED) is 0.858. The molecule has 2 N–H and O–H groups in total. The van der Waals surface area contributed by atoms with E-state index in [2.05, 4.69) is 29.5 Å². The van der Waals surface area contributed by atoms with E-state index in [0.717, 1.165) is 11.5 Å². The Hall–Kier alpha value is -1.58. The Labute approximate surface area is 108 Å². The normalized spacial score (nSPS) is 15.3. The zero-order valence-corrected chi connectivity index (χ0v) is 11.5. The third kappa shape index (κ3) is 2.81. The van der Waals surface area contributed by atoms with E-state index in [1.807, 2.05) is 13.0 Å². The molecule has 98 valence electrons. The predicted molar refractivity (Wildman–Crippen MR) is 72.8 cm³/mol. The van der Waals surface area contributed by atoms with Crippen molar-refractivity contribution in [3.05, 3.63) is 23.4 Å². The first-order valence-corrected chi connectivity index (χ1v) is 6.41. The molecule has 1 saturated carbocycles. The van der Waals surface area contributed by atoms with E-state index >= 15 is 0 Å². The molecule has 0 saturated heterocycles. The molecule has 0 aromatic carbocycles. The number of rotatable bonds is 4. The topological polar surface area (TPSA) is 54.0 Å². The number of amides is 1. The van der Waals surface area contributed by atoms with Gasteiger partial charge in [-0.05, 0) is 51.7 Å². The van der Waals surface area contributed by atoms with Gasteiger partial charge in [-0.2, -0.15) is 0 Å². The van der Waals surface area contributed by atoms with Crippen LogP contribution in [0.15, 0.2) is 12.1 Å².